The molecular formula is C28H44O6. The van der Waals surface area contributed by atoms with E-state index in [2.05, 4.69) is 40.9 Å². The van der Waals surface area contributed by atoms with Crippen LogP contribution in [0.15, 0.2) is 24.3 Å². The SMILES string of the molecule is C=C1C[C@H]2C[C@@H](CC)OC(=O)C[C@@H]3O[C@@H](CC(=C)C3(C)C)C[C@@H](CC)OC(=O)C[C@H](O2)C1(C)C. The zero-order chi connectivity index (χ0) is 25.3. The van der Waals surface area contributed by atoms with E-state index in [0.29, 0.717) is 38.5 Å². The van der Waals surface area contributed by atoms with Gasteiger partial charge in [0.15, 0.2) is 0 Å². The smallest absolute Gasteiger partial charge is 0.308 e. The quantitative estimate of drug-likeness (QED) is 0.377. The van der Waals surface area contributed by atoms with Crippen LogP contribution in [0.1, 0.15) is 92.9 Å². The monoisotopic (exact) mass is 476 g/mol. The van der Waals surface area contributed by atoms with Crippen LogP contribution in [-0.4, -0.2) is 48.6 Å². The summed E-state index contributed by atoms with van der Waals surface area (Å²) in [5.41, 5.74) is 1.42. The zero-order valence-electron chi connectivity index (χ0n) is 22.0. The molecule has 3 heterocycles. The van der Waals surface area contributed by atoms with E-state index in [0.717, 1.165) is 11.1 Å². The van der Waals surface area contributed by atoms with E-state index < -0.39 is 0 Å². The minimum Gasteiger partial charge on any atom is -0.462 e. The van der Waals surface area contributed by atoms with Gasteiger partial charge < -0.3 is 18.9 Å². The molecule has 3 aliphatic heterocycles. The maximum atomic E-state index is 13.0. The largest absolute Gasteiger partial charge is 0.462 e. The first-order valence-corrected chi connectivity index (χ1v) is 12.9. The fourth-order valence-corrected chi connectivity index (χ4v) is 5.27. The molecule has 0 spiro atoms. The van der Waals surface area contributed by atoms with Crippen LogP contribution in [0.25, 0.3) is 0 Å². The molecule has 0 amide bonds. The lowest BCUT2D eigenvalue weighted by molar-refractivity contribution is -0.172. The predicted octanol–water partition coefficient (Wildman–Crippen LogP) is 5.68. The number of fused-ring (bicyclic) bond motifs is 4. The summed E-state index contributed by atoms with van der Waals surface area (Å²) in [6.07, 6.45) is 2.74. The van der Waals surface area contributed by atoms with Crippen molar-refractivity contribution < 1.29 is 28.5 Å². The number of rotatable bonds is 2. The predicted molar refractivity (Wildman–Crippen MR) is 131 cm³/mol. The zero-order valence-corrected chi connectivity index (χ0v) is 22.0. The van der Waals surface area contributed by atoms with Crippen molar-refractivity contribution in [3.05, 3.63) is 24.3 Å². The van der Waals surface area contributed by atoms with E-state index in [4.69, 9.17) is 18.9 Å². The molecule has 6 nitrogen and oxygen atoms in total. The molecule has 0 aliphatic carbocycles. The van der Waals surface area contributed by atoms with Crippen LogP contribution in [0.5, 0.6) is 0 Å². The molecule has 0 aromatic carbocycles. The van der Waals surface area contributed by atoms with Crippen LogP contribution in [0, 0.1) is 10.8 Å². The fourth-order valence-electron chi connectivity index (χ4n) is 5.27. The molecule has 34 heavy (non-hydrogen) atoms. The first-order valence-electron chi connectivity index (χ1n) is 12.9. The summed E-state index contributed by atoms with van der Waals surface area (Å²) in [5, 5.41) is 0. The van der Waals surface area contributed by atoms with E-state index in [1.165, 1.54) is 0 Å². The summed E-state index contributed by atoms with van der Waals surface area (Å²) in [4.78, 5) is 26.0. The van der Waals surface area contributed by atoms with E-state index in [9.17, 15) is 9.59 Å². The number of carbonyl (C=O) groups is 2. The molecule has 0 saturated carbocycles. The number of carbonyl (C=O) groups excluding carboxylic acids is 2. The van der Waals surface area contributed by atoms with Gasteiger partial charge in [-0.25, -0.2) is 0 Å². The Labute approximate surface area is 205 Å². The molecule has 6 heteroatoms. The van der Waals surface area contributed by atoms with Crippen LogP contribution in [-0.2, 0) is 28.5 Å². The lowest BCUT2D eigenvalue weighted by Gasteiger charge is -2.45. The van der Waals surface area contributed by atoms with Gasteiger partial charge >= 0.3 is 11.9 Å². The molecule has 3 rings (SSSR count). The molecule has 3 fully saturated rings. The van der Waals surface area contributed by atoms with Gasteiger partial charge in [-0.3, -0.25) is 9.59 Å². The molecule has 0 aromatic rings. The number of cyclic esters (lactones) is 2. The highest BCUT2D eigenvalue weighted by atomic mass is 16.6. The van der Waals surface area contributed by atoms with Gasteiger partial charge in [0.1, 0.15) is 12.2 Å². The van der Waals surface area contributed by atoms with Crippen molar-refractivity contribution in [1.29, 1.82) is 0 Å². The third-order valence-corrected chi connectivity index (χ3v) is 8.36. The van der Waals surface area contributed by atoms with Crippen LogP contribution in [0.3, 0.4) is 0 Å². The van der Waals surface area contributed by atoms with Crippen LogP contribution in [0.4, 0.5) is 0 Å². The Bertz CT molecular complexity index is 731. The van der Waals surface area contributed by atoms with Crippen molar-refractivity contribution in [3.8, 4) is 0 Å². The Hall–Kier alpha value is -1.66. The molecule has 4 bridgehead atoms. The lowest BCUT2D eigenvalue weighted by Crippen LogP contribution is -2.47. The fraction of sp³-hybridized carbons (Fsp3) is 0.786. The highest BCUT2D eigenvalue weighted by Gasteiger charge is 2.44. The highest BCUT2D eigenvalue weighted by molar-refractivity contribution is 5.71. The Morgan fingerprint density at radius 2 is 1.06 bits per heavy atom. The molecule has 0 radical (unpaired) electrons. The number of esters is 2. The third kappa shape index (κ3) is 5.93. The van der Waals surface area contributed by atoms with Crippen molar-refractivity contribution in [2.75, 3.05) is 0 Å². The Morgan fingerprint density at radius 3 is 1.38 bits per heavy atom. The van der Waals surface area contributed by atoms with Gasteiger partial charge in [-0.05, 0) is 25.7 Å². The van der Waals surface area contributed by atoms with Gasteiger partial charge in [0, 0.05) is 23.7 Å². The van der Waals surface area contributed by atoms with Crippen LogP contribution < -0.4 is 0 Å². The molecule has 6 atom stereocenters. The van der Waals surface area contributed by atoms with E-state index in [-0.39, 0.29) is 72.2 Å². The standard InChI is InChI=1S/C28H44O6/c1-9-19-13-21-11-17(3)27(5,6)24(31-21)16-26(30)34-20(10-2)14-22-12-18(4)28(7,8)23(32-22)15-25(29)33-19/h19-24H,3-4,9-16H2,1-2,5-8H3/t19-,20-,21+,22+,23+,24+/m1/s1. The molecule has 0 aromatic heterocycles. The second-order valence-electron chi connectivity index (χ2n) is 11.5. The Kier molecular flexibility index (Phi) is 8.34. The first-order chi connectivity index (χ1) is 15.9. The second-order valence-corrected chi connectivity index (χ2v) is 11.5. The molecule has 0 N–H and O–H groups in total. The van der Waals surface area contributed by atoms with Gasteiger partial charge in [0.25, 0.3) is 0 Å². The van der Waals surface area contributed by atoms with Crippen molar-refractivity contribution in [3.63, 3.8) is 0 Å². The van der Waals surface area contributed by atoms with Gasteiger partial charge in [-0.2, -0.15) is 0 Å². The van der Waals surface area contributed by atoms with Crippen molar-refractivity contribution >= 4 is 11.9 Å². The normalized spacial score (nSPS) is 37.0. The summed E-state index contributed by atoms with van der Waals surface area (Å²) >= 11 is 0. The average Bonchev–Trinajstić information content (AvgIpc) is 2.74. The van der Waals surface area contributed by atoms with Gasteiger partial charge in [-0.1, -0.05) is 65.8 Å². The molecule has 0 unspecified atom stereocenters. The lowest BCUT2D eigenvalue weighted by atomic mass is 9.73. The summed E-state index contributed by atoms with van der Waals surface area (Å²) in [6.45, 7) is 20.9. The summed E-state index contributed by atoms with van der Waals surface area (Å²) in [5.74, 6) is -0.508. The van der Waals surface area contributed by atoms with Crippen LogP contribution >= 0.6 is 0 Å². The molecule has 3 saturated heterocycles. The van der Waals surface area contributed by atoms with Crippen molar-refractivity contribution in [2.24, 2.45) is 10.8 Å². The maximum absolute atomic E-state index is 13.0. The Morgan fingerprint density at radius 1 is 0.706 bits per heavy atom. The molecule has 192 valence electrons. The van der Waals surface area contributed by atoms with Gasteiger partial charge in [0.05, 0.1) is 37.3 Å². The average molecular weight is 477 g/mol. The third-order valence-electron chi connectivity index (χ3n) is 8.36. The number of ether oxygens (including phenoxy) is 4. The Balaban J connectivity index is 1.88. The topological polar surface area (TPSA) is 71.1 Å². The summed E-state index contributed by atoms with van der Waals surface area (Å²) < 4.78 is 24.6. The van der Waals surface area contributed by atoms with E-state index >= 15 is 0 Å². The van der Waals surface area contributed by atoms with Gasteiger partial charge in [0.2, 0.25) is 0 Å². The maximum Gasteiger partial charge on any atom is 0.308 e. The van der Waals surface area contributed by atoms with Crippen molar-refractivity contribution in [2.45, 2.75) is 130 Å². The van der Waals surface area contributed by atoms with Gasteiger partial charge in [-0.15, -0.1) is 0 Å². The first kappa shape index (κ1) is 26.9. The molecule has 3 aliphatic rings. The van der Waals surface area contributed by atoms with Crippen LogP contribution in [0.2, 0.25) is 0 Å². The summed E-state index contributed by atoms with van der Waals surface area (Å²) in [6, 6.07) is 0. The van der Waals surface area contributed by atoms with Crippen molar-refractivity contribution in [1.82, 2.24) is 0 Å². The minimum atomic E-state index is -0.343. The second kappa shape index (κ2) is 10.5. The highest BCUT2D eigenvalue weighted by Crippen LogP contribution is 2.44. The molecular weight excluding hydrogens is 432 g/mol. The summed E-state index contributed by atoms with van der Waals surface area (Å²) in [7, 11) is 0. The van der Waals surface area contributed by atoms with E-state index in [1.807, 2.05) is 13.8 Å². The minimum absolute atomic E-state index is 0.155. The van der Waals surface area contributed by atoms with E-state index in [1.54, 1.807) is 0 Å². The number of hydrogen-bond donors (Lipinski definition) is 0. The number of hydrogen-bond acceptors (Lipinski definition) is 6.